The van der Waals surface area contributed by atoms with Gasteiger partial charge in [-0.15, -0.1) is 0 Å². The molecule has 3 atom stereocenters. The van der Waals surface area contributed by atoms with Crippen LogP contribution in [0.25, 0.3) is 11.0 Å². The summed E-state index contributed by atoms with van der Waals surface area (Å²) in [7, 11) is 1.72. The quantitative estimate of drug-likeness (QED) is 0.860. The Morgan fingerprint density at radius 2 is 1.96 bits per heavy atom. The maximum atomic E-state index is 14.0. The van der Waals surface area contributed by atoms with Crippen LogP contribution < -0.4 is 5.32 Å². The molecule has 1 saturated carbocycles. The van der Waals surface area contributed by atoms with Crippen molar-refractivity contribution in [2.24, 2.45) is 5.92 Å². The van der Waals surface area contributed by atoms with Crippen LogP contribution in [0.15, 0.2) is 24.5 Å². The third-order valence-electron chi connectivity index (χ3n) is 4.73. The molecule has 1 fully saturated rings. The summed E-state index contributed by atoms with van der Waals surface area (Å²) in [6.07, 6.45) is 6.52. The van der Waals surface area contributed by atoms with E-state index in [4.69, 9.17) is 4.74 Å². The smallest absolute Gasteiger partial charge is 0.151 e. The molecule has 0 aliphatic heterocycles. The van der Waals surface area contributed by atoms with Crippen LogP contribution in [0.3, 0.4) is 0 Å². The highest BCUT2D eigenvalue weighted by molar-refractivity contribution is 5.78. The SMILES string of the molecule is COCCNC1CC(C)C[C@H](c2ccc(F)c3nccnc23)C1. The van der Waals surface area contributed by atoms with Crippen LogP contribution >= 0.6 is 0 Å². The highest BCUT2D eigenvalue weighted by Gasteiger charge is 2.29. The minimum Gasteiger partial charge on any atom is -0.383 e. The number of hydrogen-bond acceptors (Lipinski definition) is 4. The number of rotatable bonds is 5. The van der Waals surface area contributed by atoms with E-state index in [0.717, 1.165) is 31.6 Å². The van der Waals surface area contributed by atoms with Crippen molar-refractivity contribution in [1.82, 2.24) is 15.3 Å². The maximum Gasteiger partial charge on any atom is 0.151 e. The first kappa shape index (κ1) is 16.3. The number of fused-ring (bicyclic) bond motifs is 1. The molecule has 1 aliphatic rings. The lowest BCUT2D eigenvalue weighted by atomic mass is 9.76. The molecule has 1 heterocycles. The lowest BCUT2D eigenvalue weighted by molar-refractivity contribution is 0.185. The molecule has 2 aromatic rings. The lowest BCUT2D eigenvalue weighted by Crippen LogP contribution is -2.38. The van der Waals surface area contributed by atoms with Crippen LogP contribution in [0, 0.1) is 11.7 Å². The molecule has 1 aromatic carbocycles. The molecule has 0 spiro atoms. The molecule has 1 N–H and O–H groups in total. The van der Waals surface area contributed by atoms with E-state index in [0.29, 0.717) is 28.9 Å². The van der Waals surface area contributed by atoms with Gasteiger partial charge in [0, 0.05) is 32.1 Å². The molecule has 0 bridgehead atoms. The van der Waals surface area contributed by atoms with Crippen molar-refractivity contribution in [3.8, 4) is 0 Å². The summed E-state index contributed by atoms with van der Waals surface area (Å²) < 4.78 is 19.1. The molecule has 2 unspecified atom stereocenters. The summed E-state index contributed by atoms with van der Waals surface area (Å²) in [5.41, 5.74) is 2.22. The van der Waals surface area contributed by atoms with E-state index in [9.17, 15) is 4.39 Å². The van der Waals surface area contributed by atoms with Crippen LogP contribution in [-0.2, 0) is 4.74 Å². The summed E-state index contributed by atoms with van der Waals surface area (Å²) in [5, 5.41) is 3.58. The van der Waals surface area contributed by atoms with E-state index in [1.807, 2.05) is 6.07 Å². The fraction of sp³-hybridized carbons (Fsp3) is 0.556. The number of nitrogens with one attached hydrogen (secondary N) is 1. The molecule has 0 radical (unpaired) electrons. The summed E-state index contributed by atoms with van der Waals surface area (Å²) >= 11 is 0. The topological polar surface area (TPSA) is 47.0 Å². The van der Waals surface area contributed by atoms with Crippen LogP contribution in [0.4, 0.5) is 4.39 Å². The van der Waals surface area contributed by atoms with E-state index >= 15 is 0 Å². The van der Waals surface area contributed by atoms with Crippen molar-refractivity contribution in [1.29, 1.82) is 0 Å². The second kappa shape index (κ2) is 7.32. The average molecular weight is 317 g/mol. The minimum absolute atomic E-state index is 0.296. The van der Waals surface area contributed by atoms with Gasteiger partial charge in [-0.1, -0.05) is 13.0 Å². The van der Waals surface area contributed by atoms with Gasteiger partial charge in [-0.2, -0.15) is 0 Å². The predicted molar refractivity (Wildman–Crippen MR) is 88.9 cm³/mol. The molecule has 1 aliphatic carbocycles. The Kier molecular flexibility index (Phi) is 5.18. The van der Waals surface area contributed by atoms with Crippen molar-refractivity contribution < 1.29 is 9.13 Å². The zero-order valence-corrected chi connectivity index (χ0v) is 13.8. The van der Waals surface area contributed by atoms with Crippen molar-refractivity contribution in [2.45, 2.75) is 38.1 Å². The molecule has 0 amide bonds. The van der Waals surface area contributed by atoms with Crippen LogP contribution in [-0.4, -0.2) is 36.3 Å². The van der Waals surface area contributed by atoms with Gasteiger partial charge in [-0.3, -0.25) is 4.98 Å². The first-order valence-corrected chi connectivity index (χ1v) is 8.30. The Balaban J connectivity index is 1.84. The molecule has 5 heteroatoms. The average Bonchev–Trinajstić information content (AvgIpc) is 2.55. The van der Waals surface area contributed by atoms with Crippen molar-refractivity contribution in [2.75, 3.05) is 20.3 Å². The summed E-state index contributed by atoms with van der Waals surface area (Å²) in [6, 6.07) is 3.89. The van der Waals surface area contributed by atoms with Crippen molar-refractivity contribution >= 4 is 11.0 Å². The standard InChI is InChI=1S/C18H24FN3O/c1-12-9-13(11-14(10-12)20-7-8-23-2)15-3-4-16(19)18-17(15)21-5-6-22-18/h3-6,12-14,20H,7-11H2,1-2H3/t12?,13-,14?/m0/s1. The molecule has 4 nitrogen and oxygen atoms in total. The fourth-order valence-electron chi connectivity index (χ4n) is 3.76. The van der Waals surface area contributed by atoms with E-state index < -0.39 is 0 Å². The number of ether oxygens (including phenoxy) is 1. The highest BCUT2D eigenvalue weighted by Crippen LogP contribution is 2.38. The van der Waals surface area contributed by atoms with Crippen molar-refractivity contribution in [3.63, 3.8) is 0 Å². The molecular weight excluding hydrogens is 293 g/mol. The van der Waals surface area contributed by atoms with Crippen LogP contribution in [0.2, 0.25) is 0 Å². The normalized spacial score (nSPS) is 24.9. The number of nitrogens with zero attached hydrogens (tertiary/aromatic N) is 2. The first-order chi connectivity index (χ1) is 11.2. The van der Waals surface area contributed by atoms with Gasteiger partial charge < -0.3 is 10.1 Å². The Labute approximate surface area is 136 Å². The van der Waals surface area contributed by atoms with Gasteiger partial charge in [0.15, 0.2) is 5.82 Å². The first-order valence-electron chi connectivity index (χ1n) is 8.30. The van der Waals surface area contributed by atoms with E-state index in [2.05, 4.69) is 22.2 Å². The summed E-state index contributed by atoms with van der Waals surface area (Å²) in [6.45, 7) is 3.87. The van der Waals surface area contributed by atoms with Crippen LogP contribution in [0.1, 0.15) is 37.7 Å². The molecule has 1 aromatic heterocycles. The molecule has 3 rings (SSSR count). The van der Waals surface area contributed by atoms with Gasteiger partial charge in [0.2, 0.25) is 0 Å². The molecule has 0 saturated heterocycles. The number of halogens is 1. The van der Waals surface area contributed by atoms with E-state index in [1.165, 1.54) is 12.5 Å². The third-order valence-corrected chi connectivity index (χ3v) is 4.73. The fourth-order valence-corrected chi connectivity index (χ4v) is 3.76. The lowest BCUT2D eigenvalue weighted by Gasteiger charge is -2.34. The predicted octanol–water partition coefficient (Wildman–Crippen LogP) is 3.28. The van der Waals surface area contributed by atoms with E-state index in [1.54, 1.807) is 19.5 Å². The van der Waals surface area contributed by atoms with E-state index in [-0.39, 0.29) is 5.82 Å². The monoisotopic (exact) mass is 317 g/mol. The van der Waals surface area contributed by atoms with Gasteiger partial charge in [-0.05, 0) is 42.7 Å². The van der Waals surface area contributed by atoms with Crippen molar-refractivity contribution in [3.05, 3.63) is 35.9 Å². The second-order valence-corrected chi connectivity index (χ2v) is 6.54. The number of benzene rings is 1. The largest absolute Gasteiger partial charge is 0.383 e. The van der Waals surface area contributed by atoms with Gasteiger partial charge in [-0.25, -0.2) is 9.37 Å². The molecular formula is C18H24FN3O. The van der Waals surface area contributed by atoms with Gasteiger partial charge in [0.25, 0.3) is 0 Å². The zero-order chi connectivity index (χ0) is 16.2. The maximum absolute atomic E-state index is 14.0. The zero-order valence-electron chi connectivity index (χ0n) is 13.8. The minimum atomic E-state index is -0.296. The van der Waals surface area contributed by atoms with Crippen LogP contribution in [0.5, 0.6) is 0 Å². The molecule has 23 heavy (non-hydrogen) atoms. The highest BCUT2D eigenvalue weighted by atomic mass is 19.1. The Morgan fingerprint density at radius 1 is 1.17 bits per heavy atom. The molecule has 124 valence electrons. The summed E-state index contributed by atoms with van der Waals surface area (Å²) in [4.78, 5) is 8.57. The van der Waals surface area contributed by atoms with Gasteiger partial charge in [0.05, 0.1) is 12.1 Å². The number of methoxy groups -OCH3 is 1. The second-order valence-electron chi connectivity index (χ2n) is 6.54. The Hall–Kier alpha value is -1.59. The summed E-state index contributed by atoms with van der Waals surface area (Å²) in [5.74, 6) is 0.722. The Morgan fingerprint density at radius 3 is 2.74 bits per heavy atom. The third kappa shape index (κ3) is 3.67. The number of hydrogen-bond donors (Lipinski definition) is 1. The number of aromatic nitrogens is 2. The van der Waals surface area contributed by atoms with Gasteiger partial charge in [0.1, 0.15) is 5.52 Å². The van der Waals surface area contributed by atoms with Gasteiger partial charge >= 0.3 is 0 Å². The Bertz CT molecular complexity index is 664.